The van der Waals surface area contributed by atoms with Crippen LogP contribution in [0.1, 0.15) is 238 Å². The predicted molar refractivity (Wildman–Crippen MR) is 437 cm³/mol. The van der Waals surface area contributed by atoms with E-state index in [0.29, 0.717) is 82.9 Å². The first-order valence-corrected chi connectivity index (χ1v) is 41.9. The van der Waals surface area contributed by atoms with E-state index >= 15 is 0 Å². The number of carbonyl (C=O) groups excluding carboxylic acids is 12. The van der Waals surface area contributed by atoms with Gasteiger partial charge in [0.1, 0.15) is 67.9 Å². The monoisotopic (exact) mass is 1640 g/mol. The summed E-state index contributed by atoms with van der Waals surface area (Å²) in [5.74, 6) is -5.10. The zero-order chi connectivity index (χ0) is 87.0. The molecule has 3 saturated carbocycles. The van der Waals surface area contributed by atoms with Crippen molar-refractivity contribution >= 4 is 70.8 Å². The Morgan fingerprint density at radius 2 is 0.731 bits per heavy atom. The van der Waals surface area contributed by atoms with Gasteiger partial charge in [0.2, 0.25) is 29.5 Å². The Morgan fingerprint density at radius 1 is 0.395 bits per heavy atom. The van der Waals surface area contributed by atoms with Crippen LogP contribution in [-0.4, -0.2) is 121 Å². The van der Waals surface area contributed by atoms with Crippen LogP contribution in [0.15, 0.2) is 98.0 Å². The number of rotatable bonds is 40. The standard InChI is InChI=1S/3C23H31N3O4.C21H28N4O4/c1-16(2)11-18(13-22(28)30-15-19-8-5-6-10-25-19)23(29)26-20(14-24)12-17-7-3-4-9-21(17)27;1-16(2)10-19(12-22(28)30-15-17-6-5-9-25-14-17)23(29)26-20(13-24)11-18-7-3-4-8-21(18)27;1-16(2)11-19(13-22(28)30-15-17-7-9-25-10-8-17)23(29)26-20(14-24)12-18-5-3-4-6-21(18)27;1-14(2)9-17(11-19(26)29-13-15-3-6-23-7-4-15)21(28)25-18(12-22)10-16-5-8-24-20(16)27/h5-6,8,10,16-18,20H,3-4,7,9,11-13,15H2,1-2H3,(H,26,29);5-6,9,14,16,18-20H,3-4,7-8,10-12,15H2,1-2H3,(H,26,29);7-10,16,18-20H,3-6,11-13,15H2,1-2H3,(H,26,29);3-4,6-7,14,16-18H,5,8-11,13H2,1-2H3,(H,24,27)(H,25,28)/t17-,18+,20-;2*18-,19+,20-;16-,17+,18-/m0000/s1. The second-order valence-corrected chi connectivity index (χ2v) is 32.9. The van der Waals surface area contributed by atoms with E-state index in [1.165, 1.54) is 0 Å². The zero-order valence-corrected chi connectivity index (χ0v) is 70.3. The predicted octanol–water partition coefficient (Wildman–Crippen LogP) is 11.7. The number of hydrogen-bond donors (Lipinski definition) is 5. The molecule has 0 radical (unpaired) electrons. The number of amides is 5. The average molecular weight is 1640 g/mol. The maximum atomic E-state index is 12.8. The first-order chi connectivity index (χ1) is 57.0. The fraction of sp³-hybridized carbons (Fsp3) is 0.600. The molecule has 0 aromatic carbocycles. The summed E-state index contributed by atoms with van der Waals surface area (Å²) in [7, 11) is 0. The van der Waals surface area contributed by atoms with Crippen LogP contribution < -0.4 is 26.6 Å². The number of aromatic nitrogens is 4. The third kappa shape index (κ3) is 39.7. The molecule has 29 heteroatoms. The molecular weight excluding hydrogens is 1520 g/mol. The summed E-state index contributed by atoms with van der Waals surface area (Å²) in [5, 5.41) is 51.5. The molecule has 4 fully saturated rings. The second kappa shape index (κ2) is 54.7. The van der Waals surface area contributed by atoms with E-state index in [4.69, 9.17) is 18.9 Å². The Bertz CT molecular complexity index is 3740. The van der Waals surface area contributed by atoms with E-state index < -0.39 is 71.7 Å². The number of carbonyl (C=O) groups is 12. The molecule has 4 aliphatic rings. The third-order valence-corrected chi connectivity index (χ3v) is 20.9. The number of esters is 4. The second-order valence-electron chi connectivity index (χ2n) is 32.9. The number of pyridine rings is 4. The number of Topliss-reactive ketones (excluding diaryl/α,β-unsaturated/α-hetero) is 3. The minimum atomic E-state index is -0.765. The summed E-state index contributed by atoms with van der Waals surface area (Å²) in [6, 6.07) is 21.3. The van der Waals surface area contributed by atoms with Crippen LogP contribution in [0.25, 0.3) is 0 Å². The summed E-state index contributed by atoms with van der Waals surface area (Å²) in [6.07, 6.45) is 24.7. The summed E-state index contributed by atoms with van der Waals surface area (Å²) >= 11 is 0. The van der Waals surface area contributed by atoms with E-state index in [1.807, 2.05) is 67.5 Å². The van der Waals surface area contributed by atoms with Crippen molar-refractivity contribution in [3.63, 3.8) is 0 Å². The number of nitrogens with zero attached hydrogens (tertiary/aromatic N) is 8. The molecule has 4 aromatic heterocycles. The summed E-state index contributed by atoms with van der Waals surface area (Å²) in [4.78, 5) is 164. The van der Waals surface area contributed by atoms with Gasteiger partial charge in [0.05, 0.1) is 55.7 Å². The van der Waals surface area contributed by atoms with Crippen LogP contribution in [0, 0.1) is 116 Å². The van der Waals surface area contributed by atoms with Crippen molar-refractivity contribution in [2.75, 3.05) is 6.54 Å². The average Bonchev–Trinajstić information content (AvgIpc) is 1.79. The summed E-state index contributed by atoms with van der Waals surface area (Å²) in [5.41, 5.74) is 3.05. The fourth-order valence-corrected chi connectivity index (χ4v) is 14.7. The van der Waals surface area contributed by atoms with Crippen molar-refractivity contribution in [1.82, 2.24) is 46.5 Å². The highest BCUT2D eigenvalue weighted by atomic mass is 16.5. The molecule has 0 bridgehead atoms. The van der Waals surface area contributed by atoms with Crippen LogP contribution >= 0.6 is 0 Å². The molecular formula is C90H121N13O16. The fourth-order valence-electron chi connectivity index (χ4n) is 14.7. The highest BCUT2D eigenvalue weighted by Gasteiger charge is 2.36. The van der Waals surface area contributed by atoms with Crippen molar-refractivity contribution in [3.05, 3.63) is 120 Å². The topological polar surface area (TPSA) is 449 Å². The largest absolute Gasteiger partial charge is 0.461 e. The molecule has 5 heterocycles. The van der Waals surface area contributed by atoms with Crippen LogP contribution in [0.5, 0.6) is 0 Å². The molecule has 5 N–H and O–H groups in total. The van der Waals surface area contributed by atoms with Crippen molar-refractivity contribution in [3.8, 4) is 24.3 Å². The highest BCUT2D eigenvalue weighted by Crippen LogP contribution is 2.30. The van der Waals surface area contributed by atoms with Gasteiger partial charge in [0.25, 0.3) is 0 Å². The number of ketones is 3. The van der Waals surface area contributed by atoms with Crippen LogP contribution in [0.2, 0.25) is 0 Å². The summed E-state index contributed by atoms with van der Waals surface area (Å²) < 4.78 is 21.1. The Morgan fingerprint density at radius 3 is 1.02 bits per heavy atom. The van der Waals surface area contributed by atoms with Gasteiger partial charge in [-0.1, -0.05) is 86.8 Å². The first kappa shape index (κ1) is 98.4. The third-order valence-electron chi connectivity index (χ3n) is 20.9. The number of nitriles is 4. The van der Waals surface area contributed by atoms with Crippen molar-refractivity contribution < 1.29 is 76.5 Å². The smallest absolute Gasteiger partial charge is 0.306 e. The Kier molecular flexibility index (Phi) is 45.2. The normalized spacial score (nSPS) is 18.2. The molecule has 1 aliphatic heterocycles. The highest BCUT2D eigenvalue weighted by molar-refractivity contribution is 5.88. The van der Waals surface area contributed by atoms with Gasteiger partial charge in [-0.3, -0.25) is 77.5 Å². The lowest BCUT2D eigenvalue weighted by Gasteiger charge is -2.24. The lowest BCUT2D eigenvalue weighted by Crippen LogP contribution is -2.41. The van der Waals surface area contributed by atoms with E-state index in [-0.39, 0.29) is 153 Å². The lowest BCUT2D eigenvalue weighted by atomic mass is 9.83. The molecule has 8 rings (SSSR count). The maximum Gasteiger partial charge on any atom is 0.306 e. The molecule has 0 unspecified atom stereocenters. The molecule has 12 atom stereocenters. The van der Waals surface area contributed by atoms with Gasteiger partial charge >= 0.3 is 23.9 Å². The lowest BCUT2D eigenvalue weighted by molar-refractivity contribution is -0.149. The van der Waals surface area contributed by atoms with Crippen LogP contribution in [0.4, 0.5) is 0 Å². The van der Waals surface area contributed by atoms with Crippen molar-refractivity contribution in [2.24, 2.45) is 71.0 Å². The van der Waals surface area contributed by atoms with Gasteiger partial charge in [0.15, 0.2) is 0 Å². The summed E-state index contributed by atoms with van der Waals surface area (Å²) in [6.45, 7) is 16.8. The molecule has 29 nitrogen and oxygen atoms in total. The minimum Gasteiger partial charge on any atom is -0.461 e. The molecule has 119 heavy (non-hydrogen) atoms. The Labute approximate surface area is 700 Å². The van der Waals surface area contributed by atoms with Gasteiger partial charge in [-0.05, 0) is 174 Å². The van der Waals surface area contributed by atoms with Gasteiger partial charge in [-0.2, -0.15) is 21.0 Å². The van der Waals surface area contributed by atoms with Gasteiger partial charge in [0, 0.05) is 122 Å². The number of nitrogens with one attached hydrogen (secondary N) is 5. The molecule has 4 aromatic rings. The Hall–Kier alpha value is -11.2. The van der Waals surface area contributed by atoms with Crippen molar-refractivity contribution in [2.45, 2.75) is 267 Å². The molecule has 642 valence electrons. The molecule has 3 aliphatic carbocycles. The number of ether oxygens (including phenoxy) is 4. The minimum absolute atomic E-state index is 0.0460. The quantitative estimate of drug-likeness (QED) is 0.0204. The SMILES string of the molecule is CC(C)C[C@H](CC(=O)OCc1ccccn1)C(=O)N[C@H](C#N)C[C@@H]1CCCCC1=O.CC(C)C[C@H](CC(=O)OCc1cccnc1)C(=O)N[C@H](C#N)C[C@@H]1CCCCC1=O.CC(C)C[C@H](CC(=O)OCc1ccncc1)C(=O)N[C@H](C#N)C[C@@H]1CCCCC1=O.CC(C)C[C@H](CC(=O)OCc1ccncc1)C(=O)N[C@H](C#N)C[C@@H]1CCNC1=O. The van der Waals surface area contributed by atoms with Crippen LogP contribution in [-0.2, 0) is 103 Å². The number of hydrogen-bond acceptors (Lipinski definition) is 24. The van der Waals surface area contributed by atoms with Crippen LogP contribution in [0.3, 0.4) is 0 Å². The molecule has 1 saturated heterocycles. The van der Waals surface area contributed by atoms with E-state index in [0.717, 1.165) is 74.5 Å². The van der Waals surface area contributed by atoms with Gasteiger partial charge < -0.3 is 45.5 Å². The van der Waals surface area contributed by atoms with E-state index in [2.05, 4.69) is 70.8 Å². The zero-order valence-electron chi connectivity index (χ0n) is 70.3. The van der Waals surface area contributed by atoms with E-state index in [9.17, 15) is 78.6 Å². The maximum absolute atomic E-state index is 12.8. The molecule has 0 spiro atoms. The Balaban J connectivity index is 0.000000283. The first-order valence-electron chi connectivity index (χ1n) is 41.9. The van der Waals surface area contributed by atoms with Crippen molar-refractivity contribution in [1.29, 1.82) is 21.0 Å². The van der Waals surface area contributed by atoms with Gasteiger partial charge in [-0.15, -0.1) is 0 Å². The van der Waals surface area contributed by atoms with Gasteiger partial charge in [-0.25, -0.2) is 0 Å². The van der Waals surface area contributed by atoms with E-state index in [1.54, 1.807) is 85.8 Å². The molecule has 5 amide bonds.